The number of carbonyl (C=O) groups excluding carboxylic acids is 2. The summed E-state index contributed by atoms with van der Waals surface area (Å²) < 4.78 is 4.58. The van der Waals surface area contributed by atoms with Gasteiger partial charge in [-0.25, -0.2) is 0 Å². The van der Waals surface area contributed by atoms with Crippen molar-refractivity contribution < 1.29 is 24.5 Å². The van der Waals surface area contributed by atoms with Gasteiger partial charge in [0.05, 0.1) is 19.1 Å². The molecule has 2 N–H and O–H groups in total. The van der Waals surface area contributed by atoms with Gasteiger partial charge in [0.2, 0.25) is 0 Å². The van der Waals surface area contributed by atoms with Crippen LogP contribution in [0.5, 0.6) is 0 Å². The van der Waals surface area contributed by atoms with E-state index in [-0.39, 0.29) is 12.0 Å². The van der Waals surface area contributed by atoms with Gasteiger partial charge in [0.15, 0.2) is 0 Å². The number of allylic oxidation sites excluding steroid dienone is 1. The second-order valence-corrected chi connectivity index (χ2v) is 4.28. The van der Waals surface area contributed by atoms with E-state index in [1.165, 1.54) is 14.0 Å². The molecule has 0 bridgehead atoms. The molecular weight excluding hydrogens is 212 g/mol. The summed E-state index contributed by atoms with van der Waals surface area (Å²) in [4.78, 5) is 22.2. The minimum Gasteiger partial charge on any atom is -0.469 e. The summed E-state index contributed by atoms with van der Waals surface area (Å²) in [5, 5.41) is 19.7. The van der Waals surface area contributed by atoms with Crippen LogP contribution in [-0.4, -0.2) is 41.3 Å². The van der Waals surface area contributed by atoms with Crippen molar-refractivity contribution >= 4 is 12.3 Å². The third-order valence-electron chi connectivity index (χ3n) is 3.27. The first-order chi connectivity index (χ1) is 7.36. The van der Waals surface area contributed by atoms with Crippen LogP contribution in [0.15, 0.2) is 12.2 Å². The van der Waals surface area contributed by atoms with Crippen molar-refractivity contribution in [2.75, 3.05) is 7.11 Å². The summed E-state index contributed by atoms with van der Waals surface area (Å²) in [5.74, 6) is -2.17. The van der Waals surface area contributed by atoms with Crippen LogP contribution in [0.4, 0.5) is 0 Å². The Morgan fingerprint density at radius 1 is 1.62 bits per heavy atom. The molecule has 1 rings (SSSR count). The zero-order valence-corrected chi connectivity index (χ0v) is 9.34. The number of rotatable bonds is 3. The third-order valence-corrected chi connectivity index (χ3v) is 3.27. The van der Waals surface area contributed by atoms with Gasteiger partial charge in [-0.2, -0.15) is 0 Å². The number of aliphatic hydroxyl groups excluding tert-OH is 1. The molecule has 4 atom stereocenters. The number of ether oxygens (including phenoxy) is 1. The van der Waals surface area contributed by atoms with E-state index in [9.17, 15) is 19.8 Å². The van der Waals surface area contributed by atoms with E-state index >= 15 is 0 Å². The predicted octanol–water partition coefficient (Wildman–Crippen LogP) is -0.338. The van der Waals surface area contributed by atoms with E-state index in [4.69, 9.17) is 0 Å². The van der Waals surface area contributed by atoms with Crippen molar-refractivity contribution in [3.05, 3.63) is 12.2 Å². The van der Waals surface area contributed by atoms with Gasteiger partial charge < -0.3 is 14.9 Å². The van der Waals surface area contributed by atoms with Crippen LogP contribution in [0, 0.1) is 11.8 Å². The Morgan fingerprint density at radius 3 is 2.62 bits per heavy atom. The van der Waals surface area contributed by atoms with Crippen molar-refractivity contribution in [1.82, 2.24) is 0 Å². The minimum atomic E-state index is -1.59. The van der Waals surface area contributed by atoms with Crippen LogP contribution in [0.3, 0.4) is 0 Å². The van der Waals surface area contributed by atoms with Gasteiger partial charge in [0.25, 0.3) is 0 Å². The zero-order valence-electron chi connectivity index (χ0n) is 9.34. The van der Waals surface area contributed by atoms with E-state index in [2.05, 4.69) is 11.3 Å². The van der Waals surface area contributed by atoms with Gasteiger partial charge in [-0.05, 0) is 18.9 Å². The quantitative estimate of drug-likeness (QED) is 0.392. The molecule has 16 heavy (non-hydrogen) atoms. The van der Waals surface area contributed by atoms with E-state index in [1.807, 2.05) is 0 Å². The van der Waals surface area contributed by atoms with Crippen LogP contribution < -0.4 is 0 Å². The predicted molar refractivity (Wildman–Crippen MR) is 55.4 cm³/mol. The van der Waals surface area contributed by atoms with Crippen molar-refractivity contribution in [3.63, 3.8) is 0 Å². The van der Waals surface area contributed by atoms with Crippen LogP contribution in [0.1, 0.15) is 13.3 Å². The Morgan fingerprint density at radius 2 is 2.19 bits per heavy atom. The lowest BCUT2D eigenvalue weighted by Gasteiger charge is -2.28. The SMILES string of the molecule is C=C(C=O)[C@H]1C[C@H](O)[C@@](C)(O)[C@H]1C(=O)OC. The Labute approximate surface area is 93.7 Å². The molecule has 0 unspecified atom stereocenters. The van der Waals surface area contributed by atoms with Crippen molar-refractivity contribution in [1.29, 1.82) is 0 Å². The first-order valence-corrected chi connectivity index (χ1v) is 4.98. The molecule has 0 amide bonds. The van der Waals surface area contributed by atoms with Gasteiger partial charge in [0.1, 0.15) is 11.9 Å². The lowest BCUT2D eigenvalue weighted by molar-refractivity contribution is -0.158. The smallest absolute Gasteiger partial charge is 0.312 e. The highest BCUT2D eigenvalue weighted by molar-refractivity contribution is 5.80. The lowest BCUT2D eigenvalue weighted by Crippen LogP contribution is -2.45. The maximum Gasteiger partial charge on any atom is 0.312 e. The fourth-order valence-electron chi connectivity index (χ4n) is 2.21. The number of hydrogen-bond donors (Lipinski definition) is 2. The summed E-state index contributed by atoms with van der Waals surface area (Å²) >= 11 is 0. The molecule has 0 spiro atoms. The standard InChI is InChI=1S/C11H16O5/c1-6(5-12)7-4-8(13)11(2,15)9(7)10(14)16-3/h5,7-9,13,15H,1,4H2,2-3H3/t7-,8+,9-,11-/m1/s1. The lowest BCUT2D eigenvalue weighted by atomic mass is 9.83. The fourth-order valence-corrected chi connectivity index (χ4v) is 2.21. The highest BCUT2D eigenvalue weighted by atomic mass is 16.5. The number of methoxy groups -OCH3 is 1. The molecule has 0 aromatic heterocycles. The molecular formula is C11H16O5. The first-order valence-electron chi connectivity index (χ1n) is 4.98. The van der Waals surface area contributed by atoms with Crippen molar-refractivity contribution in [2.24, 2.45) is 11.8 Å². The molecule has 1 aliphatic carbocycles. The minimum absolute atomic E-state index is 0.129. The van der Waals surface area contributed by atoms with E-state index < -0.39 is 29.5 Å². The van der Waals surface area contributed by atoms with Crippen LogP contribution in [0.2, 0.25) is 0 Å². The van der Waals surface area contributed by atoms with Gasteiger partial charge in [-0.15, -0.1) is 0 Å². The third kappa shape index (κ3) is 1.88. The molecule has 90 valence electrons. The summed E-state index contributed by atoms with van der Waals surface area (Å²) in [6.07, 6.45) is -0.405. The second-order valence-electron chi connectivity index (χ2n) is 4.28. The topological polar surface area (TPSA) is 83.8 Å². The number of esters is 1. The number of carbonyl (C=O) groups is 2. The van der Waals surface area contributed by atoms with E-state index in [0.717, 1.165) is 0 Å². The molecule has 1 aliphatic rings. The Kier molecular flexibility index (Phi) is 3.50. The van der Waals surface area contributed by atoms with Crippen LogP contribution in [-0.2, 0) is 14.3 Å². The van der Waals surface area contributed by atoms with E-state index in [0.29, 0.717) is 6.29 Å². The fraction of sp³-hybridized carbons (Fsp3) is 0.636. The Hall–Kier alpha value is -1.20. The maximum atomic E-state index is 11.6. The molecule has 5 heteroatoms. The largest absolute Gasteiger partial charge is 0.469 e. The Balaban J connectivity index is 3.07. The van der Waals surface area contributed by atoms with E-state index in [1.54, 1.807) is 0 Å². The molecule has 1 saturated carbocycles. The highest BCUT2D eigenvalue weighted by Crippen LogP contribution is 2.43. The molecule has 0 radical (unpaired) electrons. The molecule has 0 saturated heterocycles. The summed E-state index contributed by atoms with van der Waals surface area (Å²) in [6, 6.07) is 0. The molecule has 0 aromatic carbocycles. The molecule has 1 fully saturated rings. The second kappa shape index (κ2) is 4.35. The normalized spacial score (nSPS) is 38.1. The van der Waals surface area contributed by atoms with Crippen LogP contribution >= 0.6 is 0 Å². The summed E-state index contributed by atoms with van der Waals surface area (Å²) in [5.41, 5.74) is -1.41. The number of aliphatic hydroxyl groups is 2. The zero-order chi connectivity index (χ0) is 12.5. The maximum absolute atomic E-state index is 11.6. The summed E-state index contributed by atoms with van der Waals surface area (Å²) in [6.45, 7) is 4.88. The summed E-state index contributed by atoms with van der Waals surface area (Å²) in [7, 11) is 1.20. The highest BCUT2D eigenvalue weighted by Gasteiger charge is 2.55. The molecule has 5 nitrogen and oxygen atoms in total. The van der Waals surface area contributed by atoms with Gasteiger partial charge in [0, 0.05) is 5.92 Å². The number of aldehydes is 1. The monoisotopic (exact) mass is 228 g/mol. The average Bonchev–Trinajstić information content (AvgIpc) is 2.48. The van der Waals surface area contributed by atoms with Gasteiger partial charge in [-0.1, -0.05) is 6.58 Å². The molecule has 0 aliphatic heterocycles. The van der Waals surface area contributed by atoms with Crippen molar-refractivity contribution in [2.45, 2.75) is 25.0 Å². The van der Waals surface area contributed by atoms with Crippen molar-refractivity contribution in [3.8, 4) is 0 Å². The van der Waals surface area contributed by atoms with Gasteiger partial charge in [-0.3, -0.25) is 9.59 Å². The Bertz CT molecular complexity index is 320. The first kappa shape index (κ1) is 12.9. The van der Waals surface area contributed by atoms with Crippen LogP contribution in [0.25, 0.3) is 0 Å². The molecule has 0 heterocycles. The van der Waals surface area contributed by atoms with Gasteiger partial charge >= 0.3 is 5.97 Å². The number of hydrogen-bond acceptors (Lipinski definition) is 5. The molecule has 0 aromatic rings. The average molecular weight is 228 g/mol.